The molecule has 4 heteroatoms. The Bertz CT molecular complexity index is 673. The van der Waals surface area contributed by atoms with E-state index in [0.29, 0.717) is 5.69 Å². The number of nitriles is 1. The van der Waals surface area contributed by atoms with Gasteiger partial charge in [0.05, 0.1) is 12.7 Å². The largest absolute Gasteiger partial charge is 0.372 e. The number of ether oxygens (including phenoxy) is 1. The molecule has 2 heterocycles. The van der Waals surface area contributed by atoms with Crippen LogP contribution in [-0.4, -0.2) is 25.2 Å². The first-order valence-corrected chi connectivity index (χ1v) is 7.08. The highest BCUT2D eigenvalue weighted by Crippen LogP contribution is 2.34. The highest BCUT2D eigenvalue weighted by atomic mass is 16.5. The van der Waals surface area contributed by atoms with E-state index >= 15 is 0 Å². The van der Waals surface area contributed by atoms with E-state index in [9.17, 15) is 0 Å². The number of nitrogens with zero attached hydrogens (tertiary/aromatic N) is 2. The van der Waals surface area contributed by atoms with Crippen LogP contribution in [-0.2, 0) is 11.2 Å². The molecule has 1 aromatic heterocycles. The summed E-state index contributed by atoms with van der Waals surface area (Å²) in [5, 5.41) is 12.0. The van der Waals surface area contributed by atoms with Crippen LogP contribution < -0.4 is 5.32 Å². The monoisotopic (exact) mass is 279 g/mol. The third-order valence-electron chi connectivity index (χ3n) is 3.81. The van der Waals surface area contributed by atoms with Gasteiger partial charge in [0, 0.05) is 18.3 Å². The predicted molar refractivity (Wildman–Crippen MR) is 80.7 cm³/mol. The summed E-state index contributed by atoms with van der Waals surface area (Å²) in [6.07, 6.45) is 2.78. The molecule has 2 aromatic rings. The third-order valence-corrected chi connectivity index (χ3v) is 3.81. The van der Waals surface area contributed by atoms with E-state index in [1.807, 2.05) is 13.1 Å². The van der Waals surface area contributed by atoms with Gasteiger partial charge in [-0.3, -0.25) is 0 Å². The predicted octanol–water partition coefficient (Wildman–Crippen LogP) is 2.45. The lowest BCUT2D eigenvalue weighted by molar-refractivity contribution is 0.0440. The maximum Gasteiger partial charge on any atom is 0.140 e. The molecule has 0 amide bonds. The Balaban J connectivity index is 2.03. The number of likely N-dealkylation sites (N-methyl/N-ethyl adjacent to an activating group) is 1. The normalized spacial score (nSPS) is 17.0. The van der Waals surface area contributed by atoms with Gasteiger partial charge in [0.1, 0.15) is 11.8 Å². The van der Waals surface area contributed by atoms with E-state index in [1.54, 1.807) is 12.3 Å². The maximum atomic E-state index is 8.85. The highest BCUT2D eigenvalue weighted by molar-refractivity contribution is 5.69. The molecule has 3 rings (SSSR count). The fourth-order valence-electron chi connectivity index (χ4n) is 2.82. The van der Waals surface area contributed by atoms with Crippen molar-refractivity contribution in [3.63, 3.8) is 0 Å². The highest BCUT2D eigenvalue weighted by Gasteiger charge is 2.22. The van der Waals surface area contributed by atoms with Crippen molar-refractivity contribution in [1.82, 2.24) is 10.3 Å². The first-order valence-electron chi connectivity index (χ1n) is 7.08. The van der Waals surface area contributed by atoms with E-state index in [4.69, 9.17) is 10.00 Å². The van der Waals surface area contributed by atoms with Gasteiger partial charge in [-0.25, -0.2) is 4.98 Å². The molecule has 1 aromatic carbocycles. The summed E-state index contributed by atoms with van der Waals surface area (Å²) in [4.78, 5) is 4.17. The zero-order valence-corrected chi connectivity index (χ0v) is 12.0. The van der Waals surface area contributed by atoms with Crippen molar-refractivity contribution in [2.24, 2.45) is 0 Å². The Morgan fingerprint density at radius 2 is 2.29 bits per heavy atom. The third kappa shape index (κ3) is 2.66. The van der Waals surface area contributed by atoms with Gasteiger partial charge < -0.3 is 10.1 Å². The standard InChI is InChI=1S/C17H17N3O/c1-19-11-17-16-4-2-3-14(15(16)7-8-21-17)12-5-6-13(9-18)20-10-12/h2-6,10,17,19H,7-8,11H2,1H3. The Morgan fingerprint density at radius 1 is 1.38 bits per heavy atom. The summed E-state index contributed by atoms with van der Waals surface area (Å²) in [7, 11) is 1.94. The Kier molecular flexibility index (Phi) is 3.96. The van der Waals surface area contributed by atoms with Crippen molar-refractivity contribution in [3.05, 3.63) is 53.3 Å². The lowest BCUT2D eigenvalue weighted by atomic mass is 9.90. The van der Waals surface area contributed by atoms with Gasteiger partial charge in [0.25, 0.3) is 0 Å². The lowest BCUT2D eigenvalue weighted by Crippen LogP contribution is -2.25. The molecule has 21 heavy (non-hydrogen) atoms. The Labute approximate surface area is 124 Å². The number of pyridine rings is 1. The first kappa shape index (κ1) is 13.7. The summed E-state index contributed by atoms with van der Waals surface area (Å²) in [5.74, 6) is 0. The van der Waals surface area contributed by atoms with Gasteiger partial charge in [-0.2, -0.15) is 5.26 Å². The van der Waals surface area contributed by atoms with Gasteiger partial charge in [0.15, 0.2) is 0 Å². The summed E-state index contributed by atoms with van der Waals surface area (Å²) >= 11 is 0. The van der Waals surface area contributed by atoms with Gasteiger partial charge in [-0.15, -0.1) is 0 Å². The molecule has 1 aliphatic heterocycles. The zero-order valence-electron chi connectivity index (χ0n) is 12.0. The molecule has 1 atom stereocenters. The van der Waals surface area contributed by atoms with E-state index in [2.05, 4.69) is 34.6 Å². The molecule has 0 saturated heterocycles. The summed E-state index contributed by atoms with van der Waals surface area (Å²) in [5.41, 5.74) is 5.26. The number of hydrogen-bond acceptors (Lipinski definition) is 4. The molecule has 4 nitrogen and oxygen atoms in total. The van der Waals surface area contributed by atoms with Crippen LogP contribution in [0.2, 0.25) is 0 Å². The smallest absolute Gasteiger partial charge is 0.140 e. The van der Waals surface area contributed by atoms with Crippen LogP contribution in [0.3, 0.4) is 0 Å². The molecular formula is C17H17N3O. The average molecular weight is 279 g/mol. The van der Waals surface area contributed by atoms with Gasteiger partial charge in [-0.1, -0.05) is 18.2 Å². The molecule has 1 N–H and O–H groups in total. The Morgan fingerprint density at radius 3 is 3.00 bits per heavy atom. The topological polar surface area (TPSA) is 57.9 Å². The molecule has 0 bridgehead atoms. The van der Waals surface area contributed by atoms with Crippen molar-refractivity contribution in [1.29, 1.82) is 5.26 Å². The minimum atomic E-state index is 0.102. The minimum Gasteiger partial charge on any atom is -0.372 e. The quantitative estimate of drug-likeness (QED) is 0.937. The number of fused-ring (bicyclic) bond motifs is 1. The second-order valence-corrected chi connectivity index (χ2v) is 5.08. The lowest BCUT2D eigenvalue weighted by Gasteiger charge is -2.27. The van der Waals surface area contributed by atoms with Crippen molar-refractivity contribution >= 4 is 0 Å². The number of hydrogen-bond donors (Lipinski definition) is 1. The van der Waals surface area contributed by atoms with Crippen molar-refractivity contribution < 1.29 is 4.74 Å². The summed E-state index contributed by atoms with van der Waals surface area (Å²) in [6, 6.07) is 12.1. The molecule has 0 spiro atoms. The maximum absolute atomic E-state index is 8.85. The van der Waals surface area contributed by atoms with Crippen molar-refractivity contribution in [2.45, 2.75) is 12.5 Å². The zero-order chi connectivity index (χ0) is 14.7. The van der Waals surface area contributed by atoms with Crippen LogP contribution in [0.15, 0.2) is 36.5 Å². The fourth-order valence-corrected chi connectivity index (χ4v) is 2.82. The summed E-state index contributed by atoms with van der Waals surface area (Å²) in [6.45, 7) is 1.54. The number of benzene rings is 1. The molecule has 1 aliphatic rings. The minimum absolute atomic E-state index is 0.102. The molecule has 0 saturated carbocycles. The number of rotatable bonds is 3. The molecule has 0 radical (unpaired) electrons. The molecular weight excluding hydrogens is 262 g/mol. The van der Waals surface area contributed by atoms with E-state index < -0.39 is 0 Å². The molecule has 0 fully saturated rings. The van der Waals surface area contributed by atoms with Gasteiger partial charge in [-0.05, 0) is 42.3 Å². The number of nitrogens with one attached hydrogen (secondary N) is 1. The van der Waals surface area contributed by atoms with Crippen molar-refractivity contribution in [2.75, 3.05) is 20.2 Å². The first-order chi connectivity index (χ1) is 10.3. The Hall–Kier alpha value is -2.22. The van der Waals surface area contributed by atoms with Crippen LogP contribution >= 0.6 is 0 Å². The average Bonchev–Trinajstić information content (AvgIpc) is 2.55. The number of aromatic nitrogens is 1. The van der Waals surface area contributed by atoms with Crippen molar-refractivity contribution in [3.8, 4) is 17.2 Å². The SMILES string of the molecule is CNCC1OCCc2c(-c3ccc(C#N)nc3)cccc21. The second-order valence-electron chi connectivity index (χ2n) is 5.08. The fraction of sp³-hybridized carbons (Fsp3) is 0.294. The molecule has 0 aliphatic carbocycles. The van der Waals surface area contributed by atoms with Crippen LogP contribution in [0.25, 0.3) is 11.1 Å². The molecule has 106 valence electrons. The molecule has 1 unspecified atom stereocenters. The van der Waals surface area contributed by atoms with E-state index in [0.717, 1.165) is 25.1 Å². The van der Waals surface area contributed by atoms with Gasteiger partial charge in [0.2, 0.25) is 0 Å². The van der Waals surface area contributed by atoms with E-state index in [1.165, 1.54) is 16.7 Å². The van der Waals surface area contributed by atoms with Gasteiger partial charge >= 0.3 is 0 Å². The van der Waals surface area contributed by atoms with Crippen LogP contribution in [0.4, 0.5) is 0 Å². The van der Waals surface area contributed by atoms with Crippen LogP contribution in [0.1, 0.15) is 22.9 Å². The summed E-state index contributed by atoms with van der Waals surface area (Å²) < 4.78 is 5.85. The van der Waals surface area contributed by atoms with E-state index in [-0.39, 0.29) is 6.10 Å². The second kappa shape index (κ2) is 6.04. The van der Waals surface area contributed by atoms with Crippen LogP contribution in [0.5, 0.6) is 0 Å². The van der Waals surface area contributed by atoms with Crippen LogP contribution in [0, 0.1) is 11.3 Å².